The molecule has 1 fully saturated rings. The zero-order chi connectivity index (χ0) is 23.2. The van der Waals surface area contributed by atoms with Crippen molar-refractivity contribution in [1.29, 1.82) is 0 Å². The first-order valence-electron chi connectivity index (χ1n) is 10.9. The second kappa shape index (κ2) is 10.6. The van der Waals surface area contributed by atoms with Gasteiger partial charge in [0.25, 0.3) is 0 Å². The van der Waals surface area contributed by atoms with Crippen molar-refractivity contribution in [1.82, 2.24) is 10.1 Å². The Bertz CT molecular complexity index is 1080. The molecule has 4 rings (SSSR count). The highest BCUT2D eigenvalue weighted by Gasteiger charge is 2.27. The second-order valence-electron chi connectivity index (χ2n) is 8.09. The van der Waals surface area contributed by atoms with Gasteiger partial charge in [-0.1, -0.05) is 41.1 Å². The predicted molar refractivity (Wildman–Crippen MR) is 122 cm³/mol. The minimum absolute atomic E-state index is 0.0564. The van der Waals surface area contributed by atoms with Crippen molar-refractivity contribution in [2.45, 2.75) is 20.0 Å². The number of aromatic nitrogens is 1. The van der Waals surface area contributed by atoms with Crippen LogP contribution in [0.1, 0.15) is 16.7 Å². The lowest BCUT2D eigenvalue weighted by Crippen LogP contribution is -2.37. The van der Waals surface area contributed by atoms with Crippen molar-refractivity contribution in [3.8, 4) is 11.3 Å². The van der Waals surface area contributed by atoms with Crippen molar-refractivity contribution < 1.29 is 23.2 Å². The lowest BCUT2D eigenvalue weighted by atomic mass is 10.0. The number of carbonyl (C=O) groups is 1. The average Bonchev–Trinajstić information content (AvgIpc) is 3.24. The van der Waals surface area contributed by atoms with E-state index in [-0.39, 0.29) is 24.9 Å². The van der Waals surface area contributed by atoms with Gasteiger partial charge in [-0.25, -0.2) is 4.39 Å². The summed E-state index contributed by atoms with van der Waals surface area (Å²) < 4.78 is 29.9. The van der Waals surface area contributed by atoms with Crippen LogP contribution in [-0.4, -0.2) is 56.0 Å². The Balaban J connectivity index is 1.71. The van der Waals surface area contributed by atoms with E-state index < -0.39 is 0 Å². The number of nitrogens with zero attached hydrogens (tertiary/aromatic N) is 3. The van der Waals surface area contributed by atoms with Crippen molar-refractivity contribution in [3.05, 3.63) is 71.0 Å². The van der Waals surface area contributed by atoms with Gasteiger partial charge in [0, 0.05) is 32.3 Å². The summed E-state index contributed by atoms with van der Waals surface area (Å²) in [6.07, 6.45) is 0. The molecule has 0 unspecified atom stereocenters. The van der Waals surface area contributed by atoms with Crippen molar-refractivity contribution in [3.63, 3.8) is 0 Å². The lowest BCUT2D eigenvalue weighted by molar-refractivity contribution is -0.136. The van der Waals surface area contributed by atoms with Gasteiger partial charge in [0.05, 0.1) is 25.3 Å². The van der Waals surface area contributed by atoms with E-state index in [9.17, 15) is 9.18 Å². The summed E-state index contributed by atoms with van der Waals surface area (Å²) in [7, 11) is 1.49. The van der Waals surface area contributed by atoms with E-state index in [1.165, 1.54) is 19.2 Å². The van der Waals surface area contributed by atoms with E-state index in [0.29, 0.717) is 44.4 Å². The summed E-state index contributed by atoms with van der Waals surface area (Å²) in [4.78, 5) is 16.8. The fourth-order valence-electron chi connectivity index (χ4n) is 3.93. The molecule has 1 amide bonds. The first kappa shape index (κ1) is 22.9. The van der Waals surface area contributed by atoms with Crippen LogP contribution in [0.15, 0.2) is 53.1 Å². The summed E-state index contributed by atoms with van der Waals surface area (Å²) in [5, 5.41) is 4.40. The fourth-order valence-corrected chi connectivity index (χ4v) is 3.93. The lowest BCUT2D eigenvalue weighted by Gasteiger charge is -2.28. The van der Waals surface area contributed by atoms with Crippen LogP contribution in [0.3, 0.4) is 0 Å². The number of halogens is 1. The van der Waals surface area contributed by atoms with Gasteiger partial charge in [-0.15, -0.1) is 0 Å². The molecule has 0 radical (unpaired) electrons. The number of rotatable bonds is 8. The number of morpholine rings is 1. The molecule has 174 valence electrons. The summed E-state index contributed by atoms with van der Waals surface area (Å²) in [6, 6.07) is 14.2. The van der Waals surface area contributed by atoms with Crippen molar-refractivity contribution in [2.24, 2.45) is 0 Å². The third-order valence-electron chi connectivity index (χ3n) is 5.61. The van der Waals surface area contributed by atoms with Crippen molar-refractivity contribution in [2.75, 3.05) is 44.9 Å². The molecule has 0 bridgehead atoms. The van der Waals surface area contributed by atoms with Gasteiger partial charge < -0.3 is 23.8 Å². The van der Waals surface area contributed by atoms with E-state index >= 15 is 0 Å². The number of ether oxygens (including phenoxy) is 2. The van der Waals surface area contributed by atoms with Crippen LogP contribution < -0.4 is 4.90 Å². The summed E-state index contributed by atoms with van der Waals surface area (Å²) in [5.74, 6) is 0.152. The average molecular weight is 454 g/mol. The Labute approximate surface area is 192 Å². The van der Waals surface area contributed by atoms with Crippen LogP contribution in [0.4, 0.5) is 10.3 Å². The molecule has 0 aliphatic carbocycles. The number of hydrogen-bond donors (Lipinski definition) is 0. The number of carbonyl (C=O) groups excluding carboxylic acids is 1. The number of anilines is 1. The zero-order valence-electron chi connectivity index (χ0n) is 18.9. The third-order valence-corrected chi connectivity index (χ3v) is 5.61. The molecule has 3 aromatic rings. The topological polar surface area (TPSA) is 68.0 Å². The van der Waals surface area contributed by atoms with Crippen LogP contribution in [0.25, 0.3) is 11.3 Å². The summed E-state index contributed by atoms with van der Waals surface area (Å²) in [6.45, 7) is 5.11. The van der Waals surface area contributed by atoms with E-state index in [1.807, 2.05) is 31.2 Å². The van der Waals surface area contributed by atoms with E-state index in [1.54, 1.807) is 17.0 Å². The molecule has 8 heteroatoms. The first-order valence-corrected chi connectivity index (χ1v) is 10.9. The molecule has 2 aromatic carbocycles. The molecule has 33 heavy (non-hydrogen) atoms. The van der Waals surface area contributed by atoms with Gasteiger partial charge in [-0.2, -0.15) is 0 Å². The molecule has 1 aliphatic rings. The SMILES string of the molecule is COCC(=O)N(Cc1ccc(F)cc1)Cc1c(-c2cccc(C)c2)noc1N1CCOCC1. The maximum absolute atomic E-state index is 13.4. The fraction of sp³-hybridized carbons (Fsp3) is 0.360. The molecule has 1 aliphatic heterocycles. The van der Waals surface area contributed by atoms with Crippen LogP contribution in [0.2, 0.25) is 0 Å². The highest BCUT2D eigenvalue weighted by atomic mass is 19.1. The predicted octanol–water partition coefficient (Wildman–Crippen LogP) is 3.80. The minimum atomic E-state index is -0.316. The smallest absolute Gasteiger partial charge is 0.249 e. The monoisotopic (exact) mass is 453 g/mol. The summed E-state index contributed by atoms with van der Waals surface area (Å²) >= 11 is 0. The molecule has 0 atom stereocenters. The number of benzene rings is 2. The van der Waals surface area contributed by atoms with Gasteiger partial charge >= 0.3 is 0 Å². The molecular formula is C25H28FN3O4. The number of amides is 1. The molecule has 0 N–H and O–H groups in total. The molecular weight excluding hydrogens is 425 g/mol. The van der Waals surface area contributed by atoms with E-state index in [4.69, 9.17) is 14.0 Å². The van der Waals surface area contributed by atoms with E-state index in [2.05, 4.69) is 10.1 Å². The van der Waals surface area contributed by atoms with Crippen LogP contribution in [-0.2, 0) is 27.4 Å². The Morgan fingerprint density at radius 1 is 1.15 bits per heavy atom. The summed E-state index contributed by atoms with van der Waals surface area (Å²) in [5.41, 5.74) is 4.38. The molecule has 2 heterocycles. The third kappa shape index (κ3) is 5.58. The van der Waals surface area contributed by atoms with E-state index in [0.717, 1.165) is 22.3 Å². The van der Waals surface area contributed by atoms with Gasteiger partial charge in [0.2, 0.25) is 11.8 Å². The van der Waals surface area contributed by atoms with Gasteiger partial charge in [-0.05, 0) is 30.7 Å². The largest absolute Gasteiger partial charge is 0.378 e. The number of hydrogen-bond acceptors (Lipinski definition) is 6. The maximum Gasteiger partial charge on any atom is 0.249 e. The molecule has 7 nitrogen and oxygen atoms in total. The van der Waals surface area contributed by atoms with Gasteiger partial charge in [0.1, 0.15) is 18.1 Å². The molecule has 0 spiro atoms. The van der Waals surface area contributed by atoms with Gasteiger partial charge in [0.15, 0.2) is 0 Å². The molecule has 1 saturated heterocycles. The van der Waals surface area contributed by atoms with Crippen LogP contribution in [0, 0.1) is 12.7 Å². The molecule has 1 aromatic heterocycles. The highest BCUT2D eigenvalue weighted by molar-refractivity contribution is 5.78. The minimum Gasteiger partial charge on any atom is -0.378 e. The Hall–Kier alpha value is -3.23. The number of methoxy groups -OCH3 is 1. The number of aryl methyl sites for hydroxylation is 1. The zero-order valence-corrected chi connectivity index (χ0v) is 18.9. The standard InChI is InChI=1S/C25H28FN3O4/c1-18-4-3-5-20(14-18)24-22(25(33-27-24)28-10-12-32-13-11-28)16-29(23(30)17-31-2)15-19-6-8-21(26)9-7-19/h3-9,14H,10-13,15-17H2,1-2H3. The molecule has 0 saturated carbocycles. The normalized spacial score (nSPS) is 13.8. The Morgan fingerprint density at radius 2 is 1.91 bits per heavy atom. The Kier molecular flexibility index (Phi) is 7.36. The van der Waals surface area contributed by atoms with Gasteiger partial charge in [-0.3, -0.25) is 4.79 Å². The Morgan fingerprint density at radius 3 is 2.61 bits per heavy atom. The van der Waals surface area contributed by atoms with Crippen LogP contribution in [0.5, 0.6) is 0 Å². The van der Waals surface area contributed by atoms with Crippen molar-refractivity contribution >= 4 is 11.8 Å². The highest BCUT2D eigenvalue weighted by Crippen LogP contribution is 2.33. The van der Waals surface area contributed by atoms with Crippen LogP contribution >= 0.6 is 0 Å². The maximum atomic E-state index is 13.4. The first-order chi connectivity index (χ1) is 16.0. The second-order valence-corrected chi connectivity index (χ2v) is 8.09. The quantitative estimate of drug-likeness (QED) is 0.517.